The van der Waals surface area contributed by atoms with Crippen LogP contribution in [0.5, 0.6) is 0 Å². The Kier molecular flexibility index (Phi) is 6.06. The maximum atomic E-state index is 12.1. The van der Waals surface area contributed by atoms with Crippen molar-refractivity contribution in [1.29, 1.82) is 0 Å². The third-order valence-electron chi connectivity index (χ3n) is 3.01. The van der Waals surface area contributed by atoms with Crippen LogP contribution >= 0.6 is 0 Å². The van der Waals surface area contributed by atoms with Gasteiger partial charge in [-0.05, 0) is 18.6 Å². The number of hydrogen-bond acceptors (Lipinski definition) is 2. The highest BCUT2D eigenvalue weighted by Gasteiger charge is 2.17. The summed E-state index contributed by atoms with van der Waals surface area (Å²) in [7, 11) is 1.78. The van der Waals surface area contributed by atoms with Gasteiger partial charge in [0.1, 0.15) is 6.54 Å². The van der Waals surface area contributed by atoms with Gasteiger partial charge in [-0.15, -0.1) is 0 Å². The van der Waals surface area contributed by atoms with Gasteiger partial charge in [0, 0.05) is 26.2 Å². The molecule has 0 aliphatic rings. The number of anilines is 1. The van der Waals surface area contributed by atoms with Crippen LogP contribution in [-0.4, -0.2) is 36.9 Å². The van der Waals surface area contributed by atoms with Crippen LogP contribution in [0.4, 0.5) is 5.69 Å². The van der Waals surface area contributed by atoms with Crippen molar-refractivity contribution >= 4 is 17.5 Å². The molecule has 0 saturated carbocycles. The molecular formula is C15H22N2O2. The van der Waals surface area contributed by atoms with Gasteiger partial charge in [0.2, 0.25) is 11.8 Å². The van der Waals surface area contributed by atoms with E-state index in [1.807, 2.05) is 30.3 Å². The highest BCUT2D eigenvalue weighted by molar-refractivity contribution is 5.97. The summed E-state index contributed by atoms with van der Waals surface area (Å²) in [5, 5.41) is 0. The lowest BCUT2D eigenvalue weighted by atomic mass is 10.2. The second kappa shape index (κ2) is 7.56. The highest BCUT2D eigenvalue weighted by atomic mass is 16.2. The number of rotatable bonds is 6. The van der Waals surface area contributed by atoms with Gasteiger partial charge in [0.05, 0.1) is 0 Å². The maximum Gasteiger partial charge on any atom is 0.242 e. The Morgan fingerprint density at radius 3 is 2.32 bits per heavy atom. The first-order valence-electron chi connectivity index (χ1n) is 6.63. The van der Waals surface area contributed by atoms with E-state index in [9.17, 15) is 9.59 Å². The van der Waals surface area contributed by atoms with Crippen LogP contribution in [0.15, 0.2) is 30.3 Å². The molecule has 1 aromatic carbocycles. The number of carbonyl (C=O) groups is 2. The van der Waals surface area contributed by atoms with E-state index in [0.29, 0.717) is 0 Å². The zero-order valence-corrected chi connectivity index (χ0v) is 11.9. The third kappa shape index (κ3) is 4.73. The molecule has 0 spiro atoms. The van der Waals surface area contributed by atoms with Crippen LogP contribution in [0.2, 0.25) is 0 Å². The first-order valence-corrected chi connectivity index (χ1v) is 6.63. The molecule has 0 heterocycles. The number of nitrogens with zero attached hydrogens (tertiary/aromatic N) is 2. The number of unbranched alkanes of at least 4 members (excludes halogenated alkanes) is 1. The molecule has 0 bridgehead atoms. The Morgan fingerprint density at radius 2 is 1.79 bits per heavy atom. The smallest absolute Gasteiger partial charge is 0.242 e. The van der Waals surface area contributed by atoms with E-state index in [0.717, 1.165) is 25.1 Å². The lowest BCUT2D eigenvalue weighted by molar-refractivity contribution is -0.130. The molecule has 0 unspecified atom stereocenters. The van der Waals surface area contributed by atoms with E-state index in [4.69, 9.17) is 0 Å². The molecule has 0 aliphatic carbocycles. The van der Waals surface area contributed by atoms with Crippen LogP contribution in [0.1, 0.15) is 26.7 Å². The number of hydrogen-bond donors (Lipinski definition) is 0. The SMILES string of the molecule is CCCCN(C)C(=O)CN(C(C)=O)c1ccccc1. The Balaban J connectivity index is 2.70. The summed E-state index contributed by atoms with van der Waals surface area (Å²) in [6, 6.07) is 9.27. The Hall–Kier alpha value is -1.84. The van der Waals surface area contributed by atoms with Gasteiger partial charge in [0.15, 0.2) is 0 Å². The zero-order chi connectivity index (χ0) is 14.3. The van der Waals surface area contributed by atoms with Crippen molar-refractivity contribution in [3.63, 3.8) is 0 Å². The molecule has 0 radical (unpaired) electrons. The molecule has 0 aliphatic heterocycles. The van der Waals surface area contributed by atoms with Crippen molar-refractivity contribution < 1.29 is 9.59 Å². The molecule has 0 atom stereocenters. The summed E-state index contributed by atoms with van der Waals surface area (Å²) in [5.41, 5.74) is 0.757. The van der Waals surface area contributed by atoms with Crippen LogP contribution in [-0.2, 0) is 9.59 Å². The fourth-order valence-corrected chi connectivity index (χ4v) is 1.77. The molecule has 1 rings (SSSR count). The third-order valence-corrected chi connectivity index (χ3v) is 3.01. The van der Waals surface area contributed by atoms with E-state index in [-0.39, 0.29) is 18.4 Å². The minimum absolute atomic E-state index is 0.0347. The number of amides is 2. The summed E-state index contributed by atoms with van der Waals surface area (Å²) < 4.78 is 0. The zero-order valence-electron chi connectivity index (χ0n) is 11.9. The number of para-hydroxylation sites is 1. The minimum atomic E-state index is -0.122. The van der Waals surface area contributed by atoms with Crippen molar-refractivity contribution in [1.82, 2.24) is 4.90 Å². The minimum Gasteiger partial charge on any atom is -0.344 e. The average molecular weight is 262 g/mol. The van der Waals surface area contributed by atoms with Crippen molar-refractivity contribution in [2.24, 2.45) is 0 Å². The predicted molar refractivity (Wildman–Crippen MR) is 77.0 cm³/mol. The normalized spacial score (nSPS) is 10.1. The molecule has 2 amide bonds. The number of likely N-dealkylation sites (N-methyl/N-ethyl adjacent to an activating group) is 1. The quantitative estimate of drug-likeness (QED) is 0.789. The number of carbonyl (C=O) groups excluding carboxylic acids is 2. The summed E-state index contributed by atoms with van der Waals surface area (Å²) >= 11 is 0. The van der Waals surface area contributed by atoms with Crippen molar-refractivity contribution in [2.75, 3.05) is 25.0 Å². The monoisotopic (exact) mass is 262 g/mol. The molecule has 0 fully saturated rings. The lowest BCUT2D eigenvalue weighted by Crippen LogP contribution is -2.41. The molecule has 0 aromatic heterocycles. The number of benzene rings is 1. The lowest BCUT2D eigenvalue weighted by Gasteiger charge is -2.24. The standard InChI is InChI=1S/C15H22N2O2/c1-4-5-11-16(3)15(19)12-17(13(2)18)14-9-7-6-8-10-14/h6-10H,4-5,11-12H2,1-3H3. The molecule has 19 heavy (non-hydrogen) atoms. The highest BCUT2D eigenvalue weighted by Crippen LogP contribution is 2.13. The molecule has 0 N–H and O–H groups in total. The first-order chi connectivity index (χ1) is 9.06. The van der Waals surface area contributed by atoms with Crippen LogP contribution in [0.3, 0.4) is 0 Å². The average Bonchev–Trinajstić information content (AvgIpc) is 2.42. The van der Waals surface area contributed by atoms with E-state index in [1.54, 1.807) is 11.9 Å². The molecule has 1 aromatic rings. The van der Waals surface area contributed by atoms with E-state index >= 15 is 0 Å². The van der Waals surface area contributed by atoms with Gasteiger partial charge in [-0.25, -0.2) is 0 Å². The Bertz CT molecular complexity index is 417. The van der Waals surface area contributed by atoms with Crippen LogP contribution < -0.4 is 4.90 Å². The molecular weight excluding hydrogens is 240 g/mol. The molecule has 0 saturated heterocycles. The van der Waals surface area contributed by atoms with Crippen molar-refractivity contribution in [2.45, 2.75) is 26.7 Å². The van der Waals surface area contributed by atoms with Crippen LogP contribution in [0, 0.1) is 0 Å². The summed E-state index contributed by atoms with van der Waals surface area (Å²) in [6.07, 6.45) is 2.03. The van der Waals surface area contributed by atoms with Gasteiger partial charge < -0.3 is 9.80 Å². The van der Waals surface area contributed by atoms with E-state index < -0.39 is 0 Å². The molecule has 104 valence electrons. The van der Waals surface area contributed by atoms with Gasteiger partial charge in [-0.3, -0.25) is 9.59 Å². The summed E-state index contributed by atoms with van der Waals surface area (Å²) in [6.45, 7) is 4.39. The first kappa shape index (κ1) is 15.2. The second-order valence-electron chi connectivity index (χ2n) is 4.61. The van der Waals surface area contributed by atoms with Crippen molar-refractivity contribution in [3.05, 3.63) is 30.3 Å². The van der Waals surface area contributed by atoms with Gasteiger partial charge in [-0.2, -0.15) is 0 Å². The Morgan fingerprint density at radius 1 is 1.16 bits per heavy atom. The fraction of sp³-hybridized carbons (Fsp3) is 0.467. The van der Waals surface area contributed by atoms with Crippen molar-refractivity contribution in [3.8, 4) is 0 Å². The molecule has 4 heteroatoms. The second-order valence-corrected chi connectivity index (χ2v) is 4.61. The summed E-state index contributed by atoms with van der Waals surface area (Å²) in [4.78, 5) is 26.9. The van der Waals surface area contributed by atoms with E-state index in [1.165, 1.54) is 11.8 Å². The topological polar surface area (TPSA) is 40.6 Å². The van der Waals surface area contributed by atoms with E-state index in [2.05, 4.69) is 6.92 Å². The maximum absolute atomic E-state index is 12.1. The Labute approximate surface area is 115 Å². The largest absolute Gasteiger partial charge is 0.344 e. The van der Waals surface area contributed by atoms with Crippen LogP contribution in [0.25, 0.3) is 0 Å². The van der Waals surface area contributed by atoms with Gasteiger partial charge in [0.25, 0.3) is 0 Å². The molecule has 4 nitrogen and oxygen atoms in total. The van der Waals surface area contributed by atoms with Gasteiger partial charge >= 0.3 is 0 Å². The summed E-state index contributed by atoms with van der Waals surface area (Å²) in [5.74, 6) is -0.157. The fourth-order valence-electron chi connectivity index (χ4n) is 1.77. The predicted octanol–water partition coefficient (Wildman–Crippen LogP) is 2.30. The van der Waals surface area contributed by atoms with Gasteiger partial charge in [-0.1, -0.05) is 31.5 Å².